The maximum atomic E-state index is 2.39. The van der Waals surface area contributed by atoms with Gasteiger partial charge < -0.3 is 0 Å². The fourth-order valence-corrected chi connectivity index (χ4v) is 5.24. The van der Waals surface area contributed by atoms with E-state index < -0.39 is 0 Å². The summed E-state index contributed by atoms with van der Waals surface area (Å²) in [5.41, 5.74) is 17.6. The van der Waals surface area contributed by atoms with Gasteiger partial charge in [-0.05, 0) is 111 Å². The quantitative estimate of drug-likeness (QED) is 0.349. The van der Waals surface area contributed by atoms with E-state index in [1.165, 1.54) is 72.4 Å². The van der Waals surface area contributed by atoms with Crippen LogP contribution in [0.5, 0.6) is 0 Å². The van der Waals surface area contributed by atoms with Crippen LogP contribution in [0.3, 0.4) is 0 Å². The lowest BCUT2D eigenvalue weighted by Crippen LogP contribution is -1.86. The first-order chi connectivity index (χ1) is 16.1. The number of fused-ring (bicyclic) bond motifs is 2. The molecule has 0 nitrogen and oxygen atoms in total. The molecule has 0 atom stereocenters. The fourth-order valence-electron chi connectivity index (χ4n) is 5.24. The van der Waals surface area contributed by atoms with Gasteiger partial charge in [0.2, 0.25) is 0 Å². The third-order valence-electron chi connectivity index (χ3n) is 7.27. The second-order valence-corrected chi connectivity index (χ2v) is 10.8. The third kappa shape index (κ3) is 4.51. The van der Waals surface area contributed by atoms with Gasteiger partial charge in [-0.15, -0.1) is 0 Å². The van der Waals surface area contributed by atoms with E-state index in [9.17, 15) is 0 Å². The summed E-state index contributed by atoms with van der Waals surface area (Å²) in [6, 6.07) is 16.3. The van der Waals surface area contributed by atoms with Crippen LogP contribution in [0.4, 0.5) is 0 Å². The van der Waals surface area contributed by atoms with Crippen molar-refractivity contribution >= 4 is 17.2 Å². The Morgan fingerprint density at radius 1 is 0.794 bits per heavy atom. The average Bonchev–Trinajstić information content (AvgIpc) is 3.05. The lowest BCUT2D eigenvalue weighted by molar-refractivity contribution is 0.868. The predicted octanol–water partition coefficient (Wildman–Crippen LogP) is 10.1. The van der Waals surface area contributed by atoms with Gasteiger partial charge in [-0.2, -0.15) is 0 Å². The molecule has 1 aromatic rings. The molecule has 0 fully saturated rings. The van der Waals surface area contributed by atoms with Crippen LogP contribution in [0.1, 0.15) is 97.9 Å². The lowest BCUT2D eigenvalue weighted by atomic mass is 9.98. The lowest BCUT2D eigenvalue weighted by Gasteiger charge is -2.05. The zero-order valence-corrected chi connectivity index (χ0v) is 22.4. The molecule has 0 aromatic heterocycles. The van der Waals surface area contributed by atoms with Crippen LogP contribution in [0, 0.1) is 20.8 Å². The number of hydrogen-bond acceptors (Lipinski definition) is 0. The van der Waals surface area contributed by atoms with E-state index in [2.05, 4.69) is 123 Å². The van der Waals surface area contributed by atoms with Crippen LogP contribution in [-0.2, 0) is 0 Å². The highest BCUT2D eigenvalue weighted by atomic mass is 14.2. The van der Waals surface area contributed by atoms with Gasteiger partial charge in [-0.3, -0.25) is 0 Å². The number of aryl methyl sites for hydroxylation is 3. The number of hydrogen-bond donors (Lipinski definition) is 0. The maximum Gasteiger partial charge on any atom is 0.0821 e. The number of rotatable bonds is 4. The van der Waals surface area contributed by atoms with Gasteiger partial charge in [0, 0.05) is 29.2 Å². The minimum atomic E-state index is 0.521. The van der Waals surface area contributed by atoms with Crippen LogP contribution in [0.15, 0.2) is 60.2 Å². The summed E-state index contributed by atoms with van der Waals surface area (Å²) in [6.07, 6.45) is 7.08. The van der Waals surface area contributed by atoms with Gasteiger partial charge >= 0.3 is 0 Å². The molecule has 34 heavy (non-hydrogen) atoms. The Kier molecular flexibility index (Phi) is 6.63. The molecule has 0 saturated carbocycles. The summed E-state index contributed by atoms with van der Waals surface area (Å²) in [7, 11) is 0. The first kappa shape index (κ1) is 24.1. The average molecular weight is 448 g/mol. The van der Waals surface area contributed by atoms with Crippen molar-refractivity contribution in [1.29, 1.82) is 0 Å². The van der Waals surface area contributed by atoms with Crippen molar-refractivity contribution in [1.82, 2.24) is 0 Å². The minimum absolute atomic E-state index is 0.521. The van der Waals surface area contributed by atoms with Gasteiger partial charge in [0.05, 0.1) is 22.8 Å². The van der Waals surface area contributed by atoms with Crippen LogP contribution >= 0.6 is 0 Å². The first-order valence-electron chi connectivity index (χ1n) is 12.7. The van der Waals surface area contributed by atoms with Crippen LogP contribution in [0.25, 0.3) is 28.3 Å². The van der Waals surface area contributed by atoms with Crippen molar-refractivity contribution in [3.63, 3.8) is 0 Å². The van der Waals surface area contributed by atoms with Crippen LogP contribution in [-0.4, -0.2) is 0 Å². The molecule has 0 spiro atoms. The molecule has 0 radical (unpaired) electrons. The molecule has 0 amide bonds. The van der Waals surface area contributed by atoms with Crippen molar-refractivity contribution in [2.45, 2.75) is 74.1 Å². The van der Waals surface area contributed by atoms with E-state index in [0.717, 1.165) is 0 Å². The Hall–Kier alpha value is -2.99. The largest absolute Gasteiger partial charge is 0.0821 e. The zero-order chi connectivity index (χ0) is 24.7. The highest BCUT2D eigenvalue weighted by Crippen LogP contribution is 2.40. The smallest absolute Gasteiger partial charge is 0.0587 e. The molecule has 4 rings (SSSR count). The summed E-state index contributed by atoms with van der Waals surface area (Å²) in [5, 5.41) is 0. The summed E-state index contributed by atoms with van der Waals surface area (Å²) in [6.45, 7) is 20.3. The topological polar surface area (TPSA) is 0 Å². The van der Waals surface area contributed by atoms with Gasteiger partial charge in [-0.25, -0.2) is 0 Å². The molecule has 0 heterocycles. The first-order valence-corrected chi connectivity index (χ1v) is 12.7. The molecule has 174 valence electrons. The van der Waals surface area contributed by atoms with Crippen molar-refractivity contribution in [2.75, 3.05) is 0 Å². The monoisotopic (exact) mass is 447 g/mol. The molecular formula is C34H39+. The third-order valence-corrected chi connectivity index (χ3v) is 7.27. The molecule has 0 heteroatoms. The van der Waals surface area contributed by atoms with Gasteiger partial charge in [0.1, 0.15) is 0 Å². The summed E-state index contributed by atoms with van der Waals surface area (Å²) >= 11 is 0. The molecule has 0 bridgehead atoms. The standard InChI is InChI=1S/C34H39/c1-20(2)27-12-10-23(6)33-29(16-25(8)31(33)18-27)14-22(5)15-30-17-26(9)32-19-28(21(3)4)13-11-24(7)34(30)32/h10-21H,1-9H3/q+1/b22-14+,30-15?. The predicted molar refractivity (Wildman–Crippen MR) is 152 cm³/mol. The molecule has 1 aromatic carbocycles. The molecule has 3 aliphatic rings. The van der Waals surface area contributed by atoms with Gasteiger partial charge in [0.15, 0.2) is 0 Å². The Morgan fingerprint density at radius 2 is 1.47 bits per heavy atom. The molecular weight excluding hydrogens is 408 g/mol. The molecule has 3 aliphatic carbocycles. The minimum Gasteiger partial charge on any atom is -0.0587 e. The van der Waals surface area contributed by atoms with Gasteiger partial charge in [-0.1, -0.05) is 44.2 Å². The van der Waals surface area contributed by atoms with E-state index in [1.807, 2.05) is 0 Å². The second kappa shape index (κ2) is 9.34. The van der Waals surface area contributed by atoms with Crippen molar-refractivity contribution in [2.24, 2.45) is 0 Å². The van der Waals surface area contributed by atoms with E-state index in [-0.39, 0.29) is 0 Å². The second-order valence-electron chi connectivity index (χ2n) is 10.8. The fraction of sp³-hybridized carbons (Fsp3) is 0.324. The summed E-state index contributed by atoms with van der Waals surface area (Å²) in [4.78, 5) is 0. The maximum absolute atomic E-state index is 2.39. The van der Waals surface area contributed by atoms with Crippen molar-refractivity contribution in [3.05, 3.63) is 105 Å². The van der Waals surface area contributed by atoms with E-state index in [0.29, 0.717) is 11.8 Å². The Morgan fingerprint density at radius 3 is 2.15 bits per heavy atom. The van der Waals surface area contributed by atoms with Crippen molar-refractivity contribution in [3.8, 4) is 11.1 Å². The SMILES string of the molecule is CC1=CC(=C/C(C)=C/c2cc(C)c3cc(C(C)C)ccc(C)c2-3)c2c1cc(C(C)C)c[cH+]c2C. The molecule has 0 unspecified atom stereocenters. The highest BCUT2D eigenvalue weighted by Gasteiger charge is 2.24. The Bertz CT molecular complexity index is 1330. The Labute approximate surface area is 207 Å². The molecule has 0 aliphatic heterocycles. The summed E-state index contributed by atoms with van der Waals surface area (Å²) in [5.74, 6) is 1.04. The van der Waals surface area contributed by atoms with Crippen molar-refractivity contribution < 1.29 is 0 Å². The van der Waals surface area contributed by atoms with E-state index >= 15 is 0 Å². The zero-order valence-electron chi connectivity index (χ0n) is 22.4. The molecule has 0 N–H and O–H groups in total. The molecule has 0 saturated heterocycles. The van der Waals surface area contributed by atoms with E-state index in [1.54, 1.807) is 0 Å². The van der Waals surface area contributed by atoms with Crippen LogP contribution < -0.4 is 0 Å². The van der Waals surface area contributed by atoms with Crippen LogP contribution in [0.2, 0.25) is 0 Å². The normalized spacial score (nSPS) is 15.0. The van der Waals surface area contributed by atoms with Gasteiger partial charge in [0.25, 0.3) is 0 Å². The van der Waals surface area contributed by atoms with E-state index in [4.69, 9.17) is 0 Å². The Balaban J connectivity index is 1.81. The number of allylic oxidation sites excluding steroid dienone is 5. The summed E-state index contributed by atoms with van der Waals surface area (Å²) < 4.78 is 0. The highest BCUT2D eigenvalue weighted by molar-refractivity contribution is 5.97.